The van der Waals surface area contributed by atoms with Crippen LogP contribution in [0.3, 0.4) is 0 Å². The predicted molar refractivity (Wildman–Crippen MR) is 89.5 cm³/mol. The molecule has 22 heavy (non-hydrogen) atoms. The molecule has 0 radical (unpaired) electrons. The minimum Gasteiger partial charge on any atom is -0.367 e. The smallest absolute Gasteiger partial charge is 0.220 e. The third kappa shape index (κ3) is 2.01. The van der Waals surface area contributed by atoms with Crippen LogP contribution < -0.4 is 4.90 Å². The van der Waals surface area contributed by atoms with Crippen LogP contribution in [0, 0.1) is 0 Å². The quantitative estimate of drug-likeness (QED) is 0.875. The van der Waals surface area contributed by atoms with Crippen molar-refractivity contribution < 1.29 is 4.79 Å². The largest absolute Gasteiger partial charge is 0.367 e. The Morgan fingerprint density at radius 1 is 1.32 bits per heavy atom. The Hall–Kier alpha value is -1.68. The van der Waals surface area contributed by atoms with Gasteiger partial charge in [-0.05, 0) is 37.5 Å². The summed E-state index contributed by atoms with van der Waals surface area (Å²) in [5.41, 5.74) is 2.28. The van der Waals surface area contributed by atoms with Gasteiger partial charge in [0.1, 0.15) is 0 Å². The summed E-state index contributed by atoms with van der Waals surface area (Å²) < 4.78 is 0. The number of hydrogen-bond donors (Lipinski definition) is 1. The van der Waals surface area contributed by atoms with Crippen molar-refractivity contribution in [3.05, 3.63) is 29.4 Å². The number of rotatable bonds is 1. The predicted octanol–water partition coefficient (Wildman–Crippen LogP) is 3.41. The van der Waals surface area contributed by atoms with Gasteiger partial charge in [0.25, 0.3) is 0 Å². The van der Waals surface area contributed by atoms with Gasteiger partial charge in [-0.15, -0.1) is 0 Å². The third-order valence-electron chi connectivity index (χ3n) is 5.27. The molecule has 4 rings (SSSR count). The highest BCUT2D eigenvalue weighted by Crippen LogP contribution is 2.42. The van der Waals surface area contributed by atoms with E-state index in [2.05, 4.69) is 20.9 Å². The molecule has 1 saturated carbocycles. The van der Waals surface area contributed by atoms with E-state index >= 15 is 0 Å². The first-order chi connectivity index (χ1) is 10.6. The Bertz CT molecular complexity index is 735. The van der Waals surface area contributed by atoms with Crippen LogP contribution in [0.2, 0.25) is 5.02 Å². The fourth-order valence-corrected chi connectivity index (χ4v) is 4.27. The monoisotopic (exact) mass is 317 g/mol. The number of anilines is 1. The maximum atomic E-state index is 12.0. The van der Waals surface area contributed by atoms with Gasteiger partial charge in [-0.2, -0.15) is 0 Å². The van der Waals surface area contributed by atoms with E-state index in [1.807, 2.05) is 18.3 Å². The van der Waals surface area contributed by atoms with E-state index in [0.717, 1.165) is 43.0 Å². The third-order valence-corrected chi connectivity index (χ3v) is 5.49. The zero-order valence-corrected chi connectivity index (χ0v) is 13.5. The lowest BCUT2D eigenvalue weighted by atomic mass is 9.73. The van der Waals surface area contributed by atoms with Crippen molar-refractivity contribution in [3.63, 3.8) is 0 Å². The van der Waals surface area contributed by atoms with Crippen molar-refractivity contribution in [2.75, 3.05) is 24.5 Å². The highest BCUT2D eigenvalue weighted by atomic mass is 35.5. The molecule has 2 aromatic rings. The van der Waals surface area contributed by atoms with Crippen molar-refractivity contribution >= 4 is 34.1 Å². The minimum absolute atomic E-state index is 0.0367. The lowest BCUT2D eigenvalue weighted by Gasteiger charge is -2.56. The first-order valence-electron chi connectivity index (χ1n) is 7.89. The number of amides is 1. The van der Waals surface area contributed by atoms with Crippen molar-refractivity contribution in [1.29, 1.82) is 0 Å². The van der Waals surface area contributed by atoms with E-state index in [1.54, 1.807) is 6.92 Å². The second-order valence-corrected chi connectivity index (χ2v) is 6.97. The van der Waals surface area contributed by atoms with Crippen molar-refractivity contribution in [2.45, 2.75) is 31.7 Å². The van der Waals surface area contributed by atoms with E-state index in [-0.39, 0.29) is 11.4 Å². The Morgan fingerprint density at radius 3 is 2.82 bits per heavy atom. The molecule has 4 nitrogen and oxygen atoms in total. The number of aromatic nitrogens is 1. The molecule has 2 fully saturated rings. The summed E-state index contributed by atoms with van der Waals surface area (Å²) in [5.74, 6) is 0.206. The maximum Gasteiger partial charge on any atom is 0.220 e. The molecule has 1 N–H and O–H groups in total. The topological polar surface area (TPSA) is 39.3 Å². The van der Waals surface area contributed by atoms with E-state index in [1.165, 1.54) is 17.5 Å². The lowest BCUT2D eigenvalue weighted by molar-refractivity contribution is -0.140. The number of halogens is 1. The molecule has 2 heterocycles. The number of piperazine rings is 1. The zero-order chi connectivity index (χ0) is 15.3. The summed E-state index contributed by atoms with van der Waals surface area (Å²) in [4.78, 5) is 19.7. The van der Waals surface area contributed by atoms with Gasteiger partial charge >= 0.3 is 0 Å². The standard InChI is InChI=1S/C17H20ClN3O/c1-12(22)21-8-7-20(11-17(21)4-2-5-17)16-10-13(18)9-15-14(16)3-6-19-15/h3,6,9-10,19H,2,4-5,7-8,11H2,1H3. The fraction of sp³-hybridized carbons (Fsp3) is 0.471. The summed E-state index contributed by atoms with van der Waals surface area (Å²) in [6, 6.07) is 6.12. The van der Waals surface area contributed by atoms with Gasteiger partial charge in [-0.25, -0.2) is 0 Å². The van der Waals surface area contributed by atoms with Crippen LogP contribution in [-0.2, 0) is 4.79 Å². The fourth-order valence-electron chi connectivity index (χ4n) is 4.06. The molecule has 1 spiro atoms. The van der Waals surface area contributed by atoms with Crippen LogP contribution in [0.25, 0.3) is 10.9 Å². The molecule has 1 aliphatic heterocycles. The summed E-state index contributed by atoms with van der Waals surface area (Å²) in [6.45, 7) is 4.27. The lowest BCUT2D eigenvalue weighted by Crippen LogP contribution is -2.66. The van der Waals surface area contributed by atoms with Gasteiger partial charge < -0.3 is 14.8 Å². The van der Waals surface area contributed by atoms with Crippen molar-refractivity contribution in [2.24, 2.45) is 0 Å². The minimum atomic E-state index is 0.0367. The number of nitrogens with zero attached hydrogens (tertiary/aromatic N) is 2. The second kappa shape index (κ2) is 4.92. The number of nitrogens with one attached hydrogen (secondary N) is 1. The van der Waals surface area contributed by atoms with E-state index in [9.17, 15) is 4.79 Å². The maximum absolute atomic E-state index is 12.0. The second-order valence-electron chi connectivity index (χ2n) is 6.53. The number of H-pyrrole nitrogens is 1. The van der Waals surface area contributed by atoms with E-state index in [4.69, 9.17) is 11.6 Å². The Kier molecular flexibility index (Phi) is 3.12. The highest BCUT2D eigenvalue weighted by Gasteiger charge is 2.47. The zero-order valence-electron chi connectivity index (χ0n) is 12.7. The Labute approximate surface area is 135 Å². The number of carbonyl (C=O) groups is 1. The van der Waals surface area contributed by atoms with Crippen LogP contribution in [0.4, 0.5) is 5.69 Å². The van der Waals surface area contributed by atoms with Crippen LogP contribution in [-0.4, -0.2) is 41.0 Å². The van der Waals surface area contributed by atoms with Gasteiger partial charge in [0.05, 0.1) is 5.54 Å². The molecule has 0 bridgehead atoms. The van der Waals surface area contributed by atoms with Crippen molar-refractivity contribution in [1.82, 2.24) is 9.88 Å². The SMILES string of the molecule is CC(=O)N1CCN(c2cc(Cl)cc3[nH]ccc23)CC12CCC2. The molecule has 1 aliphatic carbocycles. The molecule has 1 amide bonds. The van der Waals surface area contributed by atoms with Gasteiger partial charge in [-0.1, -0.05) is 11.6 Å². The van der Waals surface area contributed by atoms with Gasteiger partial charge in [0.15, 0.2) is 0 Å². The number of fused-ring (bicyclic) bond motifs is 1. The number of carbonyl (C=O) groups excluding carboxylic acids is 1. The Morgan fingerprint density at radius 2 is 2.14 bits per heavy atom. The number of benzene rings is 1. The molecular formula is C17H20ClN3O. The number of hydrogen-bond acceptors (Lipinski definition) is 2. The summed E-state index contributed by atoms with van der Waals surface area (Å²) in [5, 5.41) is 1.96. The first kappa shape index (κ1) is 13.9. The average molecular weight is 318 g/mol. The van der Waals surface area contributed by atoms with Crippen LogP contribution in [0.5, 0.6) is 0 Å². The molecule has 1 aromatic heterocycles. The highest BCUT2D eigenvalue weighted by molar-refractivity contribution is 6.31. The van der Waals surface area contributed by atoms with Crippen LogP contribution in [0.15, 0.2) is 24.4 Å². The Balaban J connectivity index is 1.71. The van der Waals surface area contributed by atoms with Gasteiger partial charge in [0, 0.05) is 54.4 Å². The summed E-state index contributed by atoms with van der Waals surface area (Å²) in [6.07, 6.45) is 5.39. The molecule has 1 saturated heterocycles. The van der Waals surface area contributed by atoms with Crippen LogP contribution >= 0.6 is 11.6 Å². The normalized spacial score (nSPS) is 20.5. The molecule has 0 atom stereocenters. The first-order valence-corrected chi connectivity index (χ1v) is 8.27. The molecule has 116 valence electrons. The van der Waals surface area contributed by atoms with Gasteiger partial charge in [-0.3, -0.25) is 4.79 Å². The molecule has 2 aliphatic rings. The molecule has 5 heteroatoms. The molecule has 1 aromatic carbocycles. The summed E-state index contributed by atoms with van der Waals surface area (Å²) >= 11 is 6.29. The van der Waals surface area contributed by atoms with Crippen LogP contribution in [0.1, 0.15) is 26.2 Å². The van der Waals surface area contributed by atoms with Gasteiger partial charge in [0.2, 0.25) is 5.91 Å². The van der Waals surface area contributed by atoms with Crippen molar-refractivity contribution in [3.8, 4) is 0 Å². The molecular weight excluding hydrogens is 298 g/mol. The van der Waals surface area contributed by atoms with E-state index < -0.39 is 0 Å². The number of aromatic amines is 1. The average Bonchev–Trinajstić information content (AvgIpc) is 2.91. The summed E-state index contributed by atoms with van der Waals surface area (Å²) in [7, 11) is 0. The molecule has 0 unspecified atom stereocenters. The van der Waals surface area contributed by atoms with E-state index in [0.29, 0.717) is 0 Å².